The number of rotatable bonds is 8. The van der Waals surface area contributed by atoms with Crippen LogP contribution in [0.25, 0.3) is 10.9 Å². The second-order valence-corrected chi connectivity index (χ2v) is 6.77. The fourth-order valence-electron chi connectivity index (χ4n) is 3.71. The van der Waals surface area contributed by atoms with Crippen LogP contribution in [-0.4, -0.2) is 49.8 Å². The monoisotopic (exact) mass is 428 g/mol. The summed E-state index contributed by atoms with van der Waals surface area (Å²) in [6, 6.07) is 5.72. The molecule has 4 rings (SSSR count). The first kappa shape index (κ1) is 20.8. The molecule has 0 bridgehead atoms. The number of aliphatic hydroxyl groups excluding tert-OH is 1. The molecule has 164 valence electrons. The van der Waals surface area contributed by atoms with Gasteiger partial charge in [0.15, 0.2) is 23.0 Å². The van der Waals surface area contributed by atoms with Gasteiger partial charge in [0.25, 0.3) is 0 Å². The lowest BCUT2D eigenvalue weighted by Crippen LogP contribution is -2.13. The number of ether oxygens (including phenoxy) is 5. The minimum atomic E-state index is -0.0907. The van der Waals surface area contributed by atoms with Crippen LogP contribution in [0.5, 0.6) is 28.7 Å². The number of nitrogens with zero attached hydrogens (tertiary/aromatic N) is 2. The minimum Gasteiger partial charge on any atom is -0.491 e. The van der Waals surface area contributed by atoms with Crippen LogP contribution in [-0.2, 0) is 12.8 Å². The van der Waals surface area contributed by atoms with Gasteiger partial charge in [0.2, 0.25) is 12.5 Å². The van der Waals surface area contributed by atoms with E-state index in [1.54, 1.807) is 0 Å². The molecular formula is C21H24N4O6. The maximum atomic E-state index is 9.47. The molecule has 10 nitrogen and oxygen atoms in total. The molecule has 0 aliphatic carbocycles. The van der Waals surface area contributed by atoms with Crippen LogP contribution in [0.3, 0.4) is 0 Å². The van der Waals surface area contributed by atoms with Crippen molar-refractivity contribution in [3.05, 3.63) is 35.3 Å². The summed E-state index contributed by atoms with van der Waals surface area (Å²) >= 11 is 0. The lowest BCUT2D eigenvalue weighted by molar-refractivity contribution is 0.174. The molecule has 0 radical (unpaired) electrons. The van der Waals surface area contributed by atoms with Gasteiger partial charge in [-0.05, 0) is 17.7 Å². The Kier molecular flexibility index (Phi) is 5.83. The van der Waals surface area contributed by atoms with Crippen LogP contribution in [0.1, 0.15) is 17.1 Å². The SMILES string of the molecule is COc1c(OC)c(NN)c2c(Cc3ccc4c(c3)OCO4)nc(CCO)nc2c1OC. The average Bonchev–Trinajstić information content (AvgIpc) is 3.25. The van der Waals surface area contributed by atoms with E-state index in [-0.39, 0.29) is 19.8 Å². The van der Waals surface area contributed by atoms with Gasteiger partial charge in [-0.3, -0.25) is 5.84 Å². The number of anilines is 1. The Labute approximate surface area is 178 Å². The summed E-state index contributed by atoms with van der Waals surface area (Å²) in [5.41, 5.74) is 5.31. The molecule has 1 aliphatic rings. The molecule has 10 heteroatoms. The van der Waals surface area contributed by atoms with Gasteiger partial charge >= 0.3 is 0 Å². The third kappa shape index (κ3) is 3.60. The largest absolute Gasteiger partial charge is 0.491 e. The number of aliphatic hydroxyl groups is 1. The highest BCUT2D eigenvalue weighted by atomic mass is 16.7. The number of hydrogen-bond acceptors (Lipinski definition) is 10. The fraction of sp³-hybridized carbons (Fsp3) is 0.333. The van der Waals surface area contributed by atoms with Crippen molar-refractivity contribution in [3.63, 3.8) is 0 Å². The van der Waals surface area contributed by atoms with E-state index in [0.717, 1.165) is 5.56 Å². The van der Waals surface area contributed by atoms with Crippen molar-refractivity contribution < 1.29 is 28.8 Å². The second-order valence-electron chi connectivity index (χ2n) is 6.77. The van der Waals surface area contributed by atoms with Gasteiger partial charge in [-0.15, -0.1) is 0 Å². The summed E-state index contributed by atoms with van der Waals surface area (Å²) in [5, 5.41) is 10.1. The molecule has 0 amide bonds. The Balaban J connectivity index is 1.98. The maximum absolute atomic E-state index is 9.47. The van der Waals surface area contributed by atoms with Crippen molar-refractivity contribution in [2.24, 2.45) is 5.84 Å². The van der Waals surface area contributed by atoms with Crippen molar-refractivity contribution in [3.8, 4) is 28.7 Å². The lowest BCUT2D eigenvalue weighted by Gasteiger charge is -2.20. The third-order valence-electron chi connectivity index (χ3n) is 5.04. The summed E-state index contributed by atoms with van der Waals surface area (Å²) < 4.78 is 27.6. The molecule has 2 aromatic carbocycles. The highest BCUT2D eigenvalue weighted by molar-refractivity contribution is 6.03. The number of nitrogen functional groups attached to an aromatic ring is 1. The molecule has 31 heavy (non-hydrogen) atoms. The maximum Gasteiger partial charge on any atom is 0.231 e. The minimum absolute atomic E-state index is 0.0907. The quantitative estimate of drug-likeness (QED) is 0.361. The highest BCUT2D eigenvalue weighted by Crippen LogP contribution is 2.49. The Morgan fingerprint density at radius 1 is 1.03 bits per heavy atom. The molecule has 0 spiro atoms. The molecule has 4 N–H and O–H groups in total. The predicted molar refractivity (Wildman–Crippen MR) is 113 cm³/mol. The number of fused-ring (bicyclic) bond motifs is 2. The smallest absolute Gasteiger partial charge is 0.231 e. The van der Waals surface area contributed by atoms with E-state index in [0.29, 0.717) is 63.3 Å². The number of nitrogens with two attached hydrogens (primary N) is 1. The Morgan fingerprint density at radius 2 is 1.77 bits per heavy atom. The van der Waals surface area contributed by atoms with Gasteiger partial charge in [-0.1, -0.05) is 6.07 Å². The van der Waals surface area contributed by atoms with E-state index in [1.165, 1.54) is 21.3 Å². The topological polar surface area (TPSA) is 130 Å². The summed E-state index contributed by atoms with van der Waals surface area (Å²) in [7, 11) is 4.55. The third-order valence-corrected chi connectivity index (χ3v) is 5.04. The van der Waals surface area contributed by atoms with E-state index in [4.69, 9.17) is 34.5 Å². The first-order chi connectivity index (χ1) is 15.1. The Morgan fingerprint density at radius 3 is 2.45 bits per heavy atom. The van der Waals surface area contributed by atoms with Crippen LogP contribution in [0, 0.1) is 0 Å². The molecular weight excluding hydrogens is 404 g/mol. The molecule has 0 saturated carbocycles. The first-order valence-corrected chi connectivity index (χ1v) is 9.62. The van der Waals surface area contributed by atoms with E-state index < -0.39 is 0 Å². The summed E-state index contributed by atoms with van der Waals surface area (Å²) in [6.45, 7) is 0.109. The van der Waals surface area contributed by atoms with Gasteiger partial charge in [-0.25, -0.2) is 9.97 Å². The fourth-order valence-corrected chi connectivity index (χ4v) is 3.71. The van der Waals surface area contributed by atoms with Crippen LogP contribution in [0.4, 0.5) is 5.69 Å². The van der Waals surface area contributed by atoms with Gasteiger partial charge in [0.05, 0.1) is 39.0 Å². The molecule has 0 fully saturated rings. The zero-order valence-corrected chi connectivity index (χ0v) is 17.5. The highest BCUT2D eigenvalue weighted by Gasteiger charge is 2.26. The van der Waals surface area contributed by atoms with Crippen molar-refractivity contribution >= 4 is 16.6 Å². The zero-order chi connectivity index (χ0) is 22.0. The molecule has 2 heterocycles. The van der Waals surface area contributed by atoms with Gasteiger partial charge < -0.3 is 34.2 Å². The van der Waals surface area contributed by atoms with E-state index in [2.05, 4.69) is 10.4 Å². The average molecular weight is 428 g/mol. The van der Waals surface area contributed by atoms with Crippen LogP contribution < -0.4 is 35.0 Å². The Bertz CT molecular complexity index is 1120. The van der Waals surface area contributed by atoms with E-state index >= 15 is 0 Å². The number of methoxy groups -OCH3 is 3. The molecule has 1 aromatic heterocycles. The van der Waals surface area contributed by atoms with Crippen molar-refractivity contribution in [2.75, 3.05) is 40.2 Å². The molecule has 1 aliphatic heterocycles. The predicted octanol–water partition coefficient (Wildman–Crippen LogP) is 1.80. The second kappa shape index (κ2) is 8.70. The zero-order valence-electron chi connectivity index (χ0n) is 17.5. The van der Waals surface area contributed by atoms with E-state index in [9.17, 15) is 5.11 Å². The molecule has 0 atom stereocenters. The molecule has 3 aromatic rings. The summed E-state index contributed by atoms with van der Waals surface area (Å²) in [4.78, 5) is 9.32. The van der Waals surface area contributed by atoms with Crippen molar-refractivity contribution in [1.82, 2.24) is 9.97 Å². The lowest BCUT2D eigenvalue weighted by atomic mass is 10.0. The number of benzene rings is 2. The molecule has 0 saturated heterocycles. The summed E-state index contributed by atoms with van der Waals surface area (Å²) in [5.74, 6) is 8.86. The standard InChI is InChI=1S/C21H24N4O6/c1-27-19-17-16(18(25-22)20(28-2)21(19)29-3)12(23-15(24-17)6-7-26)8-11-4-5-13-14(9-11)31-10-30-13/h4-5,9,25-26H,6-8,10,22H2,1-3H3. The van der Waals surface area contributed by atoms with E-state index in [1.807, 2.05) is 18.2 Å². The molecule has 0 unspecified atom stereocenters. The van der Waals surface area contributed by atoms with Crippen LogP contribution in [0.15, 0.2) is 18.2 Å². The van der Waals surface area contributed by atoms with Gasteiger partial charge in [0.1, 0.15) is 17.0 Å². The number of nitrogens with one attached hydrogen (secondary N) is 1. The van der Waals surface area contributed by atoms with Crippen molar-refractivity contribution in [1.29, 1.82) is 0 Å². The number of hydrogen-bond donors (Lipinski definition) is 3. The number of aromatic nitrogens is 2. The van der Waals surface area contributed by atoms with Gasteiger partial charge in [0, 0.05) is 12.8 Å². The van der Waals surface area contributed by atoms with Gasteiger partial charge in [-0.2, -0.15) is 0 Å². The number of hydrazine groups is 1. The van der Waals surface area contributed by atoms with Crippen molar-refractivity contribution in [2.45, 2.75) is 12.8 Å². The Hall–Kier alpha value is -3.50. The van der Waals surface area contributed by atoms with Crippen LogP contribution >= 0.6 is 0 Å². The first-order valence-electron chi connectivity index (χ1n) is 9.62. The normalized spacial score (nSPS) is 12.2. The van der Waals surface area contributed by atoms with Crippen LogP contribution in [0.2, 0.25) is 0 Å². The summed E-state index contributed by atoms with van der Waals surface area (Å²) in [6.07, 6.45) is 0.731.